The number of anilines is 2. The lowest BCUT2D eigenvalue weighted by molar-refractivity contribution is -0.113. The van der Waals surface area contributed by atoms with Crippen molar-refractivity contribution in [2.75, 3.05) is 16.4 Å². The third-order valence-electron chi connectivity index (χ3n) is 5.07. The van der Waals surface area contributed by atoms with Crippen molar-refractivity contribution >= 4 is 74.9 Å². The van der Waals surface area contributed by atoms with Crippen LogP contribution in [0.5, 0.6) is 0 Å². The summed E-state index contributed by atoms with van der Waals surface area (Å²) in [4.78, 5) is 37.7. The van der Waals surface area contributed by atoms with Gasteiger partial charge in [-0.3, -0.25) is 9.59 Å². The van der Waals surface area contributed by atoms with Gasteiger partial charge >= 0.3 is 5.97 Å². The molecule has 2 amide bonds. The van der Waals surface area contributed by atoms with E-state index in [1.54, 1.807) is 72.8 Å². The maximum Gasteiger partial charge on any atom is 0.336 e. The van der Waals surface area contributed by atoms with Crippen molar-refractivity contribution in [3.8, 4) is 0 Å². The maximum absolute atomic E-state index is 12.9. The smallest absolute Gasteiger partial charge is 0.336 e. The van der Waals surface area contributed by atoms with Crippen LogP contribution < -0.4 is 10.6 Å². The molecule has 0 aliphatic carbocycles. The Hall–Kier alpha value is -3.52. The molecule has 0 radical (unpaired) electrons. The highest BCUT2D eigenvalue weighted by Crippen LogP contribution is 2.27. The molecule has 0 fully saturated rings. The van der Waals surface area contributed by atoms with Gasteiger partial charge in [-0.15, -0.1) is 11.8 Å². The van der Waals surface area contributed by atoms with Crippen molar-refractivity contribution in [2.24, 2.45) is 0 Å². The summed E-state index contributed by atoms with van der Waals surface area (Å²) in [6, 6.07) is 21.8. The minimum Gasteiger partial charge on any atom is -0.478 e. The van der Waals surface area contributed by atoms with Crippen molar-refractivity contribution in [3.05, 3.63) is 100 Å². The Bertz CT molecular complexity index is 1440. The average Bonchev–Trinajstić information content (AvgIpc) is 2.84. The van der Waals surface area contributed by atoms with E-state index in [1.165, 1.54) is 17.8 Å². The number of aromatic carboxylic acids is 1. The SMILES string of the molecule is O=C(CSc1ccc(NC(=O)c2cccc3cccc(C(=O)O)c23)cc1)Nc1ccc(Cl)cc1Cl. The number of benzene rings is 4. The molecule has 9 heteroatoms. The molecule has 0 spiro atoms. The average molecular weight is 525 g/mol. The van der Waals surface area contributed by atoms with Gasteiger partial charge in [-0.1, -0.05) is 47.5 Å². The number of hydrogen-bond donors (Lipinski definition) is 3. The van der Waals surface area contributed by atoms with Crippen LogP contribution in [0.4, 0.5) is 11.4 Å². The first kappa shape index (κ1) is 24.6. The third-order valence-corrected chi connectivity index (χ3v) is 6.63. The van der Waals surface area contributed by atoms with Gasteiger partial charge in [0.25, 0.3) is 5.91 Å². The lowest BCUT2D eigenvalue weighted by atomic mass is 9.98. The van der Waals surface area contributed by atoms with Gasteiger partial charge in [0.05, 0.1) is 22.0 Å². The molecule has 0 unspecified atom stereocenters. The zero-order valence-corrected chi connectivity index (χ0v) is 20.4. The number of carbonyl (C=O) groups excluding carboxylic acids is 2. The van der Waals surface area contributed by atoms with E-state index in [0.29, 0.717) is 32.2 Å². The monoisotopic (exact) mass is 524 g/mol. The van der Waals surface area contributed by atoms with Gasteiger partial charge in [-0.2, -0.15) is 0 Å². The Balaban J connectivity index is 1.40. The molecule has 0 aliphatic heterocycles. The molecule has 0 aromatic heterocycles. The lowest BCUT2D eigenvalue weighted by Gasteiger charge is -2.11. The topological polar surface area (TPSA) is 95.5 Å². The van der Waals surface area contributed by atoms with E-state index in [4.69, 9.17) is 23.2 Å². The number of rotatable bonds is 7. The second-order valence-corrected chi connectivity index (χ2v) is 9.35. The molecule has 6 nitrogen and oxygen atoms in total. The van der Waals surface area contributed by atoms with E-state index in [-0.39, 0.29) is 22.8 Å². The van der Waals surface area contributed by atoms with Crippen LogP contribution in [0.15, 0.2) is 83.8 Å². The second kappa shape index (κ2) is 10.8. The summed E-state index contributed by atoms with van der Waals surface area (Å²) in [7, 11) is 0. The third kappa shape index (κ3) is 5.95. The van der Waals surface area contributed by atoms with E-state index in [2.05, 4.69) is 10.6 Å². The van der Waals surface area contributed by atoms with Crippen molar-refractivity contribution in [2.45, 2.75) is 4.90 Å². The van der Waals surface area contributed by atoms with Crippen LogP contribution in [-0.4, -0.2) is 28.6 Å². The highest BCUT2D eigenvalue weighted by atomic mass is 35.5. The maximum atomic E-state index is 12.9. The molecule has 4 aromatic rings. The second-order valence-electron chi connectivity index (χ2n) is 7.45. The zero-order valence-electron chi connectivity index (χ0n) is 18.0. The first-order valence-corrected chi connectivity index (χ1v) is 12.1. The number of carboxylic acid groups (broad SMARTS) is 1. The Morgan fingerprint density at radius 1 is 0.829 bits per heavy atom. The molecule has 3 N–H and O–H groups in total. The highest BCUT2D eigenvalue weighted by Gasteiger charge is 2.16. The number of carbonyl (C=O) groups is 3. The number of amides is 2. The normalized spacial score (nSPS) is 10.7. The number of hydrogen-bond acceptors (Lipinski definition) is 4. The van der Waals surface area contributed by atoms with Gasteiger partial charge in [0, 0.05) is 26.6 Å². The number of fused-ring (bicyclic) bond motifs is 1. The fourth-order valence-corrected chi connectivity index (χ4v) is 4.62. The van der Waals surface area contributed by atoms with Crippen LogP contribution in [0.1, 0.15) is 20.7 Å². The molecule has 0 atom stereocenters. The molecule has 0 heterocycles. The zero-order chi connectivity index (χ0) is 24.9. The van der Waals surface area contributed by atoms with Crippen LogP contribution in [-0.2, 0) is 4.79 Å². The number of nitrogens with one attached hydrogen (secondary N) is 2. The van der Waals surface area contributed by atoms with Gasteiger partial charge in [0.2, 0.25) is 5.91 Å². The first-order chi connectivity index (χ1) is 16.8. The van der Waals surface area contributed by atoms with E-state index >= 15 is 0 Å². The minimum absolute atomic E-state index is 0.0677. The lowest BCUT2D eigenvalue weighted by Crippen LogP contribution is -2.14. The molecule has 0 saturated heterocycles. The van der Waals surface area contributed by atoms with Crippen LogP contribution in [0.25, 0.3) is 10.8 Å². The molecule has 35 heavy (non-hydrogen) atoms. The number of carboxylic acids is 1. The van der Waals surface area contributed by atoms with Crippen molar-refractivity contribution in [3.63, 3.8) is 0 Å². The molecular formula is C26H18Cl2N2O4S. The van der Waals surface area contributed by atoms with Gasteiger partial charge < -0.3 is 15.7 Å². The molecule has 0 saturated carbocycles. The number of halogens is 2. The summed E-state index contributed by atoms with van der Waals surface area (Å²) in [5.74, 6) is -1.57. The Morgan fingerprint density at radius 2 is 1.51 bits per heavy atom. The molecular weight excluding hydrogens is 507 g/mol. The summed E-state index contributed by atoms with van der Waals surface area (Å²) in [6.45, 7) is 0. The highest BCUT2D eigenvalue weighted by molar-refractivity contribution is 8.00. The molecule has 4 aromatic carbocycles. The summed E-state index contributed by atoms with van der Waals surface area (Å²) in [5, 5.41) is 17.0. The minimum atomic E-state index is -1.10. The van der Waals surface area contributed by atoms with Crippen LogP contribution >= 0.6 is 35.0 Å². The summed E-state index contributed by atoms with van der Waals surface area (Å²) in [6.07, 6.45) is 0. The molecule has 176 valence electrons. The number of thioether (sulfide) groups is 1. The quantitative estimate of drug-likeness (QED) is 0.230. The Labute approximate surface area is 215 Å². The van der Waals surface area contributed by atoms with Crippen molar-refractivity contribution < 1.29 is 19.5 Å². The largest absolute Gasteiger partial charge is 0.478 e. The predicted molar refractivity (Wildman–Crippen MR) is 141 cm³/mol. The Morgan fingerprint density at radius 3 is 2.17 bits per heavy atom. The fourth-order valence-electron chi connectivity index (χ4n) is 3.47. The van der Waals surface area contributed by atoms with Gasteiger partial charge in [-0.25, -0.2) is 4.79 Å². The predicted octanol–water partition coefficient (Wildman–Crippen LogP) is 6.83. The van der Waals surface area contributed by atoms with Crippen LogP contribution in [0.3, 0.4) is 0 Å². The Kier molecular flexibility index (Phi) is 7.60. The van der Waals surface area contributed by atoms with Crippen molar-refractivity contribution in [1.29, 1.82) is 0 Å². The van der Waals surface area contributed by atoms with Gasteiger partial charge in [-0.05, 0) is 60.0 Å². The van der Waals surface area contributed by atoms with Crippen LogP contribution in [0.2, 0.25) is 10.0 Å². The van der Waals surface area contributed by atoms with Crippen LogP contribution in [0, 0.1) is 0 Å². The summed E-state index contributed by atoms with van der Waals surface area (Å²) >= 11 is 13.3. The molecule has 4 rings (SSSR count). The van der Waals surface area contributed by atoms with E-state index in [1.807, 2.05) is 0 Å². The fraction of sp³-hybridized carbons (Fsp3) is 0.0385. The van der Waals surface area contributed by atoms with E-state index < -0.39 is 11.9 Å². The van der Waals surface area contributed by atoms with E-state index in [0.717, 1.165) is 4.90 Å². The van der Waals surface area contributed by atoms with E-state index in [9.17, 15) is 19.5 Å². The van der Waals surface area contributed by atoms with Gasteiger partial charge in [0.15, 0.2) is 0 Å². The summed E-state index contributed by atoms with van der Waals surface area (Å²) < 4.78 is 0. The summed E-state index contributed by atoms with van der Waals surface area (Å²) in [5.41, 5.74) is 1.37. The van der Waals surface area contributed by atoms with Gasteiger partial charge in [0.1, 0.15) is 0 Å². The van der Waals surface area contributed by atoms with Crippen molar-refractivity contribution in [1.82, 2.24) is 0 Å². The standard InChI is InChI=1S/C26H18Cl2N2O4S/c27-16-7-12-22(21(28)13-16)30-23(31)14-35-18-10-8-17(9-11-18)29-25(32)19-5-1-3-15-4-2-6-20(24(15)19)26(33)34/h1-13H,14H2,(H,29,32)(H,30,31)(H,33,34). The first-order valence-electron chi connectivity index (χ1n) is 10.4. The molecule has 0 bridgehead atoms. The molecule has 0 aliphatic rings.